The van der Waals surface area contributed by atoms with Crippen LogP contribution in [0.2, 0.25) is 0 Å². The molecule has 2 N–H and O–H groups in total. The molecule has 0 saturated carbocycles. The van der Waals surface area contributed by atoms with Gasteiger partial charge in [0, 0.05) is 102 Å². The number of imide groups is 1. The van der Waals surface area contributed by atoms with Gasteiger partial charge in [0.25, 0.3) is 5.91 Å². The van der Waals surface area contributed by atoms with Gasteiger partial charge in [-0.15, -0.1) is 11.8 Å². The number of amides is 3. The smallest absolute Gasteiger partial charge is 0.255 e. The summed E-state index contributed by atoms with van der Waals surface area (Å²) in [7, 11) is 0. The summed E-state index contributed by atoms with van der Waals surface area (Å²) in [6.45, 7) is 21.8. The number of thioether (sulfide) groups is 1. The lowest BCUT2D eigenvalue weighted by molar-refractivity contribution is -0.136. The molecule has 1 aromatic heterocycles. The van der Waals surface area contributed by atoms with Gasteiger partial charge >= 0.3 is 0 Å². The van der Waals surface area contributed by atoms with Crippen LogP contribution in [0, 0.1) is 6.57 Å². The SMILES string of the molecule is [C-]#[N+]c1ccc2c3c([nH]c2c1)C(C)(C)c1cc(N2CCC(N4CCN(CCCSc5cccc6c5CN(C5CCC(=O)NC5=O)C6=O)CC4)CC2)c(CC)cc1C3=O. The molecule has 9 rings (SSSR count). The minimum Gasteiger partial charge on any atom is -0.371 e. The van der Waals surface area contributed by atoms with Crippen molar-refractivity contribution in [1.82, 2.24) is 25.0 Å². The summed E-state index contributed by atoms with van der Waals surface area (Å²) in [6.07, 6.45) is 4.81. The number of aromatic nitrogens is 1. The first-order valence-corrected chi connectivity index (χ1v) is 21.9. The Kier molecular flexibility index (Phi) is 10.2. The van der Waals surface area contributed by atoms with Crippen molar-refractivity contribution in [2.45, 2.75) is 88.2 Å². The zero-order valence-electron chi connectivity index (χ0n) is 33.7. The molecular formula is C46H51N7O4S. The van der Waals surface area contributed by atoms with E-state index >= 15 is 0 Å². The molecule has 1 atom stereocenters. The second-order valence-electron chi connectivity index (χ2n) is 17.0. The summed E-state index contributed by atoms with van der Waals surface area (Å²) >= 11 is 1.79. The molecule has 5 aliphatic rings. The van der Waals surface area contributed by atoms with Gasteiger partial charge in [0.1, 0.15) is 6.04 Å². The van der Waals surface area contributed by atoms with E-state index in [1.54, 1.807) is 22.7 Å². The highest BCUT2D eigenvalue weighted by Crippen LogP contribution is 2.46. The number of aryl methyl sites for hydroxylation is 1. The fraction of sp³-hybridized carbons (Fsp3) is 0.457. The lowest BCUT2D eigenvalue weighted by atomic mass is 9.70. The topological polar surface area (TPSA) is 113 Å². The van der Waals surface area contributed by atoms with Crippen LogP contribution in [0.4, 0.5) is 11.4 Å². The van der Waals surface area contributed by atoms with Gasteiger partial charge in [0.15, 0.2) is 11.5 Å². The number of benzene rings is 3. The van der Waals surface area contributed by atoms with E-state index in [4.69, 9.17) is 6.57 Å². The van der Waals surface area contributed by atoms with E-state index in [1.165, 1.54) is 11.3 Å². The molecule has 1 aliphatic carbocycles. The Labute approximate surface area is 344 Å². The number of carbonyl (C=O) groups is 4. The normalized spacial score (nSPS) is 21.2. The Morgan fingerprint density at radius 3 is 2.47 bits per heavy atom. The quantitative estimate of drug-likeness (QED) is 0.0836. The van der Waals surface area contributed by atoms with Crippen LogP contribution in [0.1, 0.15) is 102 Å². The summed E-state index contributed by atoms with van der Waals surface area (Å²) in [5, 5.41) is 3.28. The minimum atomic E-state index is -0.593. The molecule has 3 fully saturated rings. The summed E-state index contributed by atoms with van der Waals surface area (Å²) < 4.78 is 0. The second kappa shape index (κ2) is 15.3. The number of aromatic amines is 1. The van der Waals surface area contributed by atoms with Crippen LogP contribution in [0.3, 0.4) is 0 Å². The molecule has 11 nitrogen and oxygen atoms in total. The molecule has 1 unspecified atom stereocenters. The molecule has 3 amide bonds. The Hall–Kier alpha value is -4.96. The van der Waals surface area contributed by atoms with Crippen LogP contribution in [0.25, 0.3) is 15.7 Å². The predicted molar refractivity (Wildman–Crippen MR) is 227 cm³/mol. The van der Waals surface area contributed by atoms with E-state index in [1.807, 2.05) is 24.3 Å². The Bertz CT molecular complexity index is 2380. The van der Waals surface area contributed by atoms with E-state index in [-0.39, 0.29) is 29.9 Å². The summed E-state index contributed by atoms with van der Waals surface area (Å²) in [5.41, 5.74) is 8.74. The number of anilines is 1. The lowest BCUT2D eigenvalue weighted by Crippen LogP contribution is -2.53. The highest BCUT2D eigenvalue weighted by Gasteiger charge is 2.42. The average molecular weight is 798 g/mol. The first-order chi connectivity index (χ1) is 28.0. The van der Waals surface area contributed by atoms with Gasteiger partial charge in [-0.1, -0.05) is 39.0 Å². The molecule has 3 saturated heterocycles. The number of carbonyl (C=O) groups excluding carboxylic acids is 4. The predicted octanol–water partition coefficient (Wildman–Crippen LogP) is 6.68. The molecule has 12 heteroatoms. The number of piperazine rings is 1. The number of H-pyrrole nitrogens is 1. The van der Waals surface area contributed by atoms with Crippen molar-refractivity contribution in [3.63, 3.8) is 0 Å². The highest BCUT2D eigenvalue weighted by molar-refractivity contribution is 7.99. The first-order valence-electron chi connectivity index (χ1n) is 20.9. The molecule has 58 heavy (non-hydrogen) atoms. The molecule has 4 aromatic rings. The van der Waals surface area contributed by atoms with E-state index in [9.17, 15) is 19.2 Å². The fourth-order valence-corrected chi connectivity index (χ4v) is 11.1. The van der Waals surface area contributed by atoms with Gasteiger partial charge in [-0.2, -0.15) is 0 Å². The monoisotopic (exact) mass is 797 g/mol. The zero-order valence-corrected chi connectivity index (χ0v) is 34.5. The minimum absolute atomic E-state index is 0.0705. The summed E-state index contributed by atoms with van der Waals surface area (Å²) in [4.78, 5) is 69.3. The van der Waals surface area contributed by atoms with Crippen molar-refractivity contribution in [3.8, 4) is 0 Å². The van der Waals surface area contributed by atoms with Gasteiger partial charge in [-0.05, 0) is 91.4 Å². The number of fused-ring (bicyclic) bond motifs is 5. The van der Waals surface area contributed by atoms with Gasteiger partial charge in [-0.25, -0.2) is 4.85 Å². The molecule has 0 radical (unpaired) electrons. The van der Waals surface area contributed by atoms with E-state index in [0.717, 1.165) is 121 Å². The Morgan fingerprint density at radius 1 is 0.931 bits per heavy atom. The van der Waals surface area contributed by atoms with Crippen LogP contribution in [-0.4, -0.2) is 107 Å². The van der Waals surface area contributed by atoms with Crippen LogP contribution in [-0.2, 0) is 28.0 Å². The van der Waals surface area contributed by atoms with Crippen LogP contribution < -0.4 is 10.2 Å². The third kappa shape index (κ3) is 6.71. The van der Waals surface area contributed by atoms with E-state index in [2.05, 4.69) is 68.8 Å². The third-order valence-corrected chi connectivity index (χ3v) is 14.6. The molecule has 5 heterocycles. The molecule has 3 aromatic carbocycles. The van der Waals surface area contributed by atoms with E-state index < -0.39 is 11.5 Å². The number of hydrogen-bond donors (Lipinski definition) is 2. The number of hydrogen-bond acceptors (Lipinski definition) is 8. The van der Waals surface area contributed by atoms with Gasteiger partial charge in [0.05, 0.1) is 12.1 Å². The van der Waals surface area contributed by atoms with Crippen LogP contribution >= 0.6 is 11.8 Å². The number of rotatable bonds is 9. The fourth-order valence-electron chi connectivity index (χ4n) is 10.1. The Morgan fingerprint density at radius 2 is 1.72 bits per heavy atom. The van der Waals surface area contributed by atoms with Crippen molar-refractivity contribution in [2.24, 2.45) is 0 Å². The van der Waals surface area contributed by atoms with Crippen molar-refractivity contribution >= 4 is 57.5 Å². The standard InChI is InChI=1S/C46H51N7O4S/c1-5-28-24-33-35(46(2,3)43-41(42(33)55)32-11-10-29(47-4)25-36(32)48-43)26-38(28)52-17-14-30(15-18-52)51-21-19-50(20-22-51)16-7-23-58-39-9-6-8-31-34(39)27-53(45(31)57)37-12-13-40(54)49-44(37)56/h6,8-11,24-26,30,37,48H,5,7,12-23,27H2,1-3H3,(H,49,54,56). The van der Waals surface area contributed by atoms with Gasteiger partial charge in [0.2, 0.25) is 11.8 Å². The number of nitrogens with one attached hydrogen (secondary N) is 2. The number of ketones is 1. The maximum Gasteiger partial charge on any atom is 0.255 e. The zero-order chi connectivity index (χ0) is 40.3. The van der Waals surface area contributed by atoms with Crippen molar-refractivity contribution in [2.75, 3.05) is 56.5 Å². The van der Waals surface area contributed by atoms with Gasteiger partial charge < -0.3 is 19.7 Å². The first kappa shape index (κ1) is 38.6. The maximum absolute atomic E-state index is 14.1. The summed E-state index contributed by atoms with van der Waals surface area (Å²) in [6, 6.07) is 15.9. The molecular weight excluding hydrogens is 747 g/mol. The largest absolute Gasteiger partial charge is 0.371 e. The van der Waals surface area contributed by atoms with Crippen molar-refractivity contribution in [1.29, 1.82) is 0 Å². The molecule has 0 spiro atoms. The molecule has 4 aliphatic heterocycles. The van der Waals surface area contributed by atoms with Crippen molar-refractivity contribution < 1.29 is 19.2 Å². The summed E-state index contributed by atoms with van der Waals surface area (Å²) in [5.74, 6) is 0.266. The lowest BCUT2D eigenvalue weighted by Gasteiger charge is -2.44. The van der Waals surface area contributed by atoms with Crippen LogP contribution in [0.15, 0.2) is 53.4 Å². The third-order valence-electron chi connectivity index (χ3n) is 13.4. The maximum atomic E-state index is 14.1. The molecule has 300 valence electrons. The Balaban J connectivity index is 0.773. The number of piperidine rings is 2. The highest BCUT2D eigenvalue weighted by atomic mass is 32.2. The van der Waals surface area contributed by atoms with Crippen LogP contribution in [0.5, 0.6) is 0 Å². The van der Waals surface area contributed by atoms with Crippen molar-refractivity contribution in [3.05, 3.63) is 99.0 Å². The average Bonchev–Trinajstić information content (AvgIpc) is 3.80. The van der Waals surface area contributed by atoms with Gasteiger partial charge in [-0.3, -0.25) is 29.4 Å². The number of nitrogens with zero attached hydrogens (tertiary/aromatic N) is 5. The van der Waals surface area contributed by atoms with E-state index in [0.29, 0.717) is 30.3 Å². The second-order valence-corrected chi connectivity index (χ2v) is 18.2. The molecule has 0 bridgehead atoms.